The van der Waals surface area contributed by atoms with Crippen molar-refractivity contribution in [3.63, 3.8) is 0 Å². The largest absolute Gasteiger partial charge is 0.345 e. The van der Waals surface area contributed by atoms with Crippen molar-refractivity contribution in [2.75, 3.05) is 13.2 Å². The lowest BCUT2D eigenvalue weighted by Crippen LogP contribution is -2.09. The number of ether oxygens (including phenoxy) is 2. The molecule has 0 amide bonds. The Kier molecular flexibility index (Phi) is 5.26. The predicted molar refractivity (Wildman–Crippen MR) is 74.3 cm³/mol. The molecule has 2 aromatic rings. The molecule has 2 rings (SSSR count). The third-order valence-corrected chi connectivity index (χ3v) is 2.80. The van der Waals surface area contributed by atoms with Gasteiger partial charge in [-0.05, 0) is 26.3 Å². The Hall–Kier alpha value is -1.72. The minimum atomic E-state index is -0.579. The number of rotatable bonds is 7. The van der Waals surface area contributed by atoms with Crippen LogP contribution in [-0.2, 0) is 15.9 Å². The molecule has 108 valence electrons. The van der Waals surface area contributed by atoms with Crippen molar-refractivity contribution in [2.24, 2.45) is 0 Å². The van der Waals surface area contributed by atoms with Crippen molar-refractivity contribution in [3.8, 4) is 0 Å². The zero-order chi connectivity index (χ0) is 14.4. The number of hydrogen-bond acceptors (Lipinski definition) is 5. The lowest BCUT2D eigenvalue weighted by atomic mass is 10.1. The van der Waals surface area contributed by atoms with Gasteiger partial charge >= 0.3 is 0 Å². The van der Waals surface area contributed by atoms with Crippen molar-refractivity contribution in [2.45, 2.75) is 33.5 Å². The van der Waals surface area contributed by atoms with Crippen molar-refractivity contribution < 1.29 is 14.0 Å². The van der Waals surface area contributed by atoms with Crippen LogP contribution in [0, 0.1) is 6.92 Å². The smallest absolute Gasteiger partial charge is 0.283 e. The first-order valence-electron chi connectivity index (χ1n) is 6.84. The van der Waals surface area contributed by atoms with E-state index < -0.39 is 6.29 Å². The van der Waals surface area contributed by atoms with E-state index in [1.54, 1.807) is 0 Å². The third-order valence-electron chi connectivity index (χ3n) is 2.80. The predicted octanol–water partition coefficient (Wildman–Crippen LogP) is 3.04. The maximum Gasteiger partial charge on any atom is 0.283 e. The number of benzene rings is 1. The highest BCUT2D eigenvalue weighted by Crippen LogP contribution is 2.18. The standard InChI is InChI=1S/C15H20N2O3/c1-4-18-15(19-5-2)14-16-13(17-20-14)10-12-8-6-11(3)7-9-12/h6-9,15H,4-5,10H2,1-3H3. The van der Waals surface area contributed by atoms with Gasteiger partial charge in [0.2, 0.25) is 6.29 Å². The molecule has 0 atom stereocenters. The fourth-order valence-electron chi connectivity index (χ4n) is 1.82. The van der Waals surface area contributed by atoms with E-state index in [2.05, 4.69) is 41.3 Å². The van der Waals surface area contributed by atoms with E-state index in [0.717, 1.165) is 5.56 Å². The first-order valence-corrected chi connectivity index (χ1v) is 6.84. The summed E-state index contributed by atoms with van der Waals surface area (Å²) in [7, 11) is 0. The molecule has 0 unspecified atom stereocenters. The molecule has 1 aromatic carbocycles. The van der Waals surface area contributed by atoms with E-state index >= 15 is 0 Å². The van der Waals surface area contributed by atoms with E-state index in [1.807, 2.05) is 13.8 Å². The van der Waals surface area contributed by atoms with Gasteiger partial charge in [-0.25, -0.2) is 0 Å². The van der Waals surface area contributed by atoms with E-state index in [-0.39, 0.29) is 0 Å². The maximum atomic E-state index is 5.43. The molecular formula is C15H20N2O3. The Morgan fingerprint density at radius 2 is 1.75 bits per heavy atom. The van der Waals surface area contributed by atoms with Crippen LogP contribution in [0.1, 0.15) is 43.0 Å². The molecule has 0 fully saturated rings. The second-order valence-corrected chi connectivity index (χ2v) is 4.45. The normalized spacial score (nSPS) is 11.2. The van der Waals surface area contributed by atoms with Gasteiger partial charge in [-0.1, -0.05) is 35.0 Å². The topological polar surface area (TPSA) is 57.4 Å². The van der Waals surface area contributed by atoms with Crippen LogP contribution in [0.25, 0.3) is 0 Å². The molecule has 0 aliphatic carbocycles. The molecule has 1 aromatic heterocycles. The molecule has 0 saturated carbocycles. The van der Waals surface area contributed by atoms with Crippen LogP contribution in [0.2, 0.25) is 0 Å². The van der Waals surface area contributed by atoms with Crippen LogP contribution in [-0.4, -0.2) is 23.4 Å². The van der Waals surface area contributed by atoms with Crippen molar-refractivity contribution in [3.05, 3.63) is 47.1 Å². The molecule has 0 radical (unpaired) electrons. The van der Waals surface area contributed by atoms with Crippen molar-refractivity contribution in [1.82, 2.24) is 10.1 Å². The molecule has 0 aliphatic heterocycles. The highest BCUT2D eigenvalue weighted by atomic mass is 16.7. The minimum Gasteiger partial charge on any atom is -0.345 e. The van der Waals surface area contributed by atoms with Crippen molar-refractivity contribution in [1.29, 1.82) is 0 Å². The van der Waals surface area contributed by atoms with Crippen LogP contribution < -0.4 is 0 Å². The highest BCUT2D eigenvalue weighted by molar-refractivity contribution is 5.23. The molecule has 0 aliphatic rings. The monoisotopic (exact) mass is 276 g/mol. The Balaban J connectivity index is 2.05. The van der Waals surface area contributed by atoms with Crippen molar-refractivity contribution >= 4 is 0 Å². The summed E-state index contributed by atoms with van der Waals surface area (Å²) in [5.41, 5.74) is 2.38. The summed E-state index contributed by atoms with van der Waals surface area (Å²) < 4.78 is 16.1. The van der Waals surface area contributed by atoms with E-state index in [1.165, 1.54) is 5.56 Å². The average Bonchev–Trinajstić information content (AvgIpc) is 2.90. The lowest BCUT2D eigenvalue weighted by Gasteiger charge is -2.11. The van der Waals surface area contributed by atoms with Gasteiger partial charge in [0.25, 0.3) is 5.89 Å². The Bertz CT molecular complexity index is 516. The summed E-state index contributed by atoms with van der Waals surface area (Å²) in [6.07, 6.45) is 0.0543. The first kappa shape index (κ1) is 14.7. The summed E-state index contributed by atoms with van der Waals surface area (Å²) >= 11 is 0. The van der Waals surface area contributed by atoms with Crippen LogP contribution >= 0.6 is 0 Å². The number of aromatic nitrogens is 2. The fraction of sp³-hybridized carbons (Fsp3) is 0.467. The minimum absolute atomic E-state index is 0.371. The molecule has 20 heavy (non-hydrogen) atoms. The van der Waals surface area contributed by atoms with Gasteiger partial charge in [-0.2, -0.15) is 4.98 Å². The average molecular weight is 276 g/mol. The zero-order valence-corrected chi connectivity index (χ0v) is 12.1. The van der Waals surface area contributed by atoms with E-state index in [0.29, 0.717) is 31.3 Å². The lowest BCUT2D eigenvalue weighted by molar-refractivity contribution is -0.155. The van der Waals surface area contributed by atoms with Crippen LogP contribution in [0.5, 0.6) is 0 Å². The summed E-state index contributed by atoms with van der Waals surface area (Å²) in [4.78, 5) is 4.34. The van der Waals surface area contributed by atoms with Gasteiger partial charge in [-0.3, -0.25) is 0 Å². The summed E-state index contributed by atoms with van der Waals surface area (Å²) in [6, 6.07) is 8.26. The van der Waals surface area contributed by atoms with Gasteiger partial charge in [0.15, 0.2) is 5.82 Å². The zero-order valence-electron chi connectivity index (χ0n) is 12.1. The van der Waals surface area contributed by atoms with Gasteiger partial charge in [0, 0.05) is 19.6 Å². The van der Waals surface area contributed by atoms with Gasteiger partial charge in [0.1, 0.15) is 0 Å². The van der Waals surface area contributed by atoms with E-state index in [9.17, 15) is 0 Å². The van der Waals surface area contributed by atoms with Gasteiger partial charge < -0.3 is 14.0 Å². The molecule has 0 spiro atoms. The van der Waals surface area contributed by atoms with Crippen LogP contribution in [0.4, 0.5) is 0 Å². The first-order chi connectivity index (χ1) is 9.72. The molecular weight excluding hydrogens is 256 g/mol. The number of hydrogen-bond donors (Lipinski definition) is 0. The SMILES string of the molecule is CCOC(OCC)c1nc(Cc2ccc(C)cc2)no1. The molecule has 0 N–H and O–H groups in total. The van der Waals surface area contributed by atoms with Gasteiger partial charge in [-0.15, -0.1) is 0 Å². The number of aryl methyl sites for hydroxylation is 1. The van der Waals surface area contributed by atoms with E-state index in [4.69, 9.17) is 14.0 Å². The Morgan fingerprint density at radius 3 is 2.35 bits per heavy atom. The quantitative estimate of drug-likeness (QED) is 0.727. The molecule has 1 heterocycles. The number of nitrogens with zero attached hydrogens (tertiary/aromatic N) is 2. The third kappa shape index (κ3) is 3.88. The van der Waals surface area contributed by atoms with Crippen LogP contribution in [0.3, 0.4) is 0 Å². The summed E-state index contributed by atoms with van der Waals surface area (Å²) in [6.45, 7) is 6.91. The maximum absolute atomic E-state index is 5.43. The second-order valence-electron chi connectivity index (χ2n) is 4.45. The molecule has 5 nitrogen and oxygen atoms in total. The Labute approximate surface area is 118 Å². The highest BCUT2D eigenvalue weighted by Gasteiger charge is 2.19. The van der Waals surface area contributed by atoms with Crippen LogP contribution in [0.15, 0.2) is 28.8 Å². The molecule has 0 saturated heterocycles. The molecule has 5 heteroatoms. The second kappa shape index (κ2) is 7.17. The van der Waals surface area contributed by atoms with Gasteiger partial charge in [0.05, 0.1) is 0 Å². The summed E-state index contributed by atoms with van der Waals surface area (Å²) in [5, 5.41) is 3.97. The fourth-order valence-corrected chi connectivity index (χ4v) is 1.82. The summed E-state index contributed by atoms with van der Waals surface area (Å²) in [5.74, 6) is 1.00. The molecule has 0 bridgehead atoms. The Morgan fingerprint density at radius 1 is 1.10 bits per heavy atom.